The van der Waals surface area contributed by atoms with Gasteiger partial charge >= 0.3 is 0 Å². The molecule has 104 valence electrons. The van der Waals surface area contributed by atoms with Crippen molar-refractivity contribution in [2.75, 3.05) is 26.3 Å². The van der Waals surface area contributed by atoms with E-state index in [1.165, 1.54) is 0 Å². The molecule has 20 heavy (non-hydrogen) atoms. The van der Waals surface area contributed by atoms with Crippen molar-refractivity contribution >= 4 is 5.91 Å². The number of carbonyl (C=O) groups excluding carboxylic acids is 1. The topological polar surface area (TPSA) is 68.5 Å². The summed E-state index contributed by atoms with van der Waals surface area (Å²) in [5.74, 6) is 1.02. The van der Waals surface area contributed by atoms with Gasteiger partial charge in [0.1, 0.15) is 0 Å². The predicted octanol–water partition coefficient (Wildman–Crippen LogP) is 1.52. The highest BCUT2D eigenvalue weighted by atomic mass is 16.5. The molecular formula is C14H15N3O3. The van der Waals surface area contributed by atoms with Gasteiger partial charge in [0.2, 0.25) is 11.8 Å². The van der Waals surface area contributed by atoms with Crippen molar-refractivity contribution in [3.05, 3.63) is 35.7 Å². The first-order valence-electron chi connectivity index (χ1n) is 6.51. The van der Waals surface area contributed by atoms with E-state index in [9.17, 15) is 4.79 Å². The lowest BCUT2D eigenvalue weighted by Crippen LogP contribution is -2.40. The van der Waals surface area contributed by atoms with Crippen LogP contribution in [0.3, 0.4) is 0 Å². The van der Waals surface area contributed by atoms with Gasteiger partial charge in [0, 0.05) is 31.1 Å². The standard InChI is InChI=1S/C14H15N3O3/c1-10-15-16-13(20-10)11-2-4-12(5-3-11)14(18)17-6-8-19-9-7-17/h2-5H,6-9H2,1H3. The summed E-state index contributed by atoms with van der Waals surface area (Å²) in [5, 5.41) is 7.74. The van der Waals surface area contributed by atoms with E-state index in [0.29, 0.717) is 43.6 Å². The Kier molecular flexibility index (Phi) is 3.47. The van der Waals surface area contributed by atoms with E-state index in [0.717, 1.165) is 5.56 Å². The van der Waals surface area contributed by atoms with Gasteiger partial charge in [0.15, 0.2) is 0 Å². The van der Waals surface area contributed by atoms with Gasteiger partial charge in [-0.3, -0.25) is 4.79 Å². The fourth-order valence-electron chi connectivity index (χ4n) is 2.12. The van der Waals surface area contributed by atoms with Crippen LogP contribution in [0.1, 0.15) is 16.2 Å². The summed E-state index contributed by atoms with van der Waals surface area (Å²) in [6.45, 7) is 4.23. The van der Waals surface area contributed by atoms with Crippen molar-refractivity contribution in [3.63, 3.8) is 0 Å². The highest BCUT2D eigenvalue weighted by molar-refractivity contribution is 5.94. The van der Waals surface area contributed by atoms with Crippen LogP contribution in [-0.2, 0) is 4.74 Å². The van der Waals surface area contributed by atoms with Crippen LogP contribution >= 0.6 is 0 Å². The van der Waals surface area contributed by atoms with Gasteiger partial charge in [-0.15, -0.1) is 10.2 Å². The van der Waals surface area contributed by atoms with E-state index < -0.39 is 0 Å². The Morgan fingerprint density at radius 1 is 1.15 bits per heavy atom. The quantitative estimate of drug-likeness (QED) is 0.829. The average Bonchev–Trinajstić information content (AvgIpc) is 2.94. The number of amides is 1. The van der Waals surface area contributed by atoms with Crippen molar-refractivity contribution in [1.29, 1.82) is 0 Å². The third kappa shape index (κ3) is 2.55. The second-order valence-electron chi connectivity index (χ2n) is 4.61. The van der Waals surface area contributed by atoms with Crippen molar-refractivity contribution in [3.8, 4) is 11.5 Å². The number of morpholine rings is 1. The van der Waals surface area contributed by atoms with Crippen LogP contribution in [0.2, 0.25) is 0 Å². The molecular weight excluding hydrogens is 258 g/mol. The van der Waals surface area contributed by atoms with Crippen LogP contribution < -0.4 is 0 Å². The Morgan fingerprint density at radius 2 is 1.85 bits per heavy atom. The largest absolute Gasteiger partial charge is 0.421 e. The fourth-order valence-corrected chi connectivity index (χ4v) is 2.12. The highest BCUT2D eigenvalue weighted by Gasteiger charge is 2.18. The smallest absolute Gasteiger partial charge is 0.254 e. The molecule has 0 saturated carbocycles. The zero-order valence-corrected chi connectivity index (χ0v) is 11.2. The number of benzene rings is 1. The summed E-state index contributed by atoms with van der Waals surface area (Å²) in [6.07, 6.45) is 0. The maximum absolute atomic E-state index is 12.3. The van der Waals surface area contributed by atoms with E-state index >= 15 is 0 Å². The zero-order valence-electron chi connectivity index (χ0n) is 11.2. The number of ether oxygens (including phenoxy) is 1. The predicted molar refractivity (Wildman–Crippen MR) is 71.2 cm³/mol. The van der Waals surface area contributed by atoms with Gasteiger partial charge in [-0.1, -0.05) is 0 Å². The Bertz CT molecular complexity index is 600. The van der Waals surface area contributed by atoms with E-state index in [1.807, 2.05) is 12.1 Å². The summed E-state index contributed by atoms with van der Waals surface area (Å²) in [7, 11) is 0. The maximum Gasteiger partial charge on any atom is 0.254 e. The molecule has 0 atom stereocenters. The number of aryl methyl sites for hydroxylation is 1. The third-order valence-electron chi connectivity index (χ3n) is 3.20. The van der Waals surface area contributed by atoms with Crippen LogP contribution in [0.5, 0.6) is 0 Å². The van der Waals surface area contributed by atoms with Crippen LogP contribution in [0.4, 0.5) is 0 Å². The first kappa shape index (κ1) is 12.8. The summed E-state index contributed by atoms with van der Waals surface area (Å²) >= 11 is 0. The molecule has 1 saturated heterocycles. The monoisotopic (exact) mass is 273 g/mol. The molecule has 6 nitrogen and oxygen atoms in total. The Morgan fingerprint density at radius 3 is 2.45 bits per heavy atom. The number of rotatable bonds is 2. The molecule has 2 aromatic rings. The lowest BCUT2D eigenvalue weighted by atomic mass is 10.1. The molecule has 0 unspecified atom stereocenters. The minimum absolute atomic E-state index is 0.0292. The molecule has 1 fully saturated rings. The second kappa shape index (κ2) is 5.42. The molecule has 0 bridgehead atoms. The molecule has 1 aliphatic heterocycles. The SMILES string of the molecule is Cc1nnc(-c2ccc(C(=O)N3CCOCC3)cc2)o1. The molecule has 0 aliphatic carbocycles. The van der Waals surface area contributed by atoms with Gasteiger partial charge in [0.05, 0.1) is 13.2 Å². The van der Waals surface area contributed by atoms with E-state index in [4.69, 9.17) is 9.15 Å². The molecule has 2 heterocycles. The highest BCUT2D eigenvalue weighted by Crippen LogP contribution is 2.19. The molecule has 1 aromatic heterocycles. The summed E-state index contributed by atoms with van der Waals surface area (Å²) in [4.78, 5) is 14.1. The summed E-state index contributed by atoms with van der Waals surface area (Å²) < 4.78 is 10.6. The maximum atomic E-state index is 12.3. The first-order valence-corrected chi connectivity index (χ1v) is 6.51. The van der Waals surface area contributed by atoms with E-state index in [2.05, 4.69) is 10.2 Å². The van der Waals surface area contributed by atoms with Crippen molar-refractivity contribution in [2.24, 2.45) is 0 Å². The Hall–Kier alpha value is -2.21. The van der Waals surface area contributed by atoms with Crippen molar-refractivity contribution in [2.45, 2.75) is 6.92 Å². The number of hydrogen-bond donors (Lipinski definition) is 0. The molecule has 1 amide bonds. The lowest BCUT2D eigenvalue weighted by Gasteiger charge is -2.26. The molecule has 0 spiro atoms. The van der Waals surface area contributed by atoms with Crippen molar-refractivity contribution in [1.82, 2.24) is 15.1 Å². The minimum Gasteiger partial charge on any atom is -0.421 e. The van der Waals surface area contributed by atoms with Crippen LogP contribution in [0.15, 0.2) is 28.7 Å². The lowest BCUT2D eigenvalue weighted by molar-refractivity contribution is 0.0303. The van der Waals surface area contributed by atoms with Gasteiger partial charge in [0.25, 0.3) is 5.91 Å². The molecule has 0 radical (unpaired) electrons. The van der Waals surface area contributed by atoms with Crippen LogP contribution in [-0.4, -0.2) is 47.3 Å². The first-order chi connectivity index (χ1) is 9.74. The van der Waals surface area contributed by atoms with Gasteiger partial charge in [-0.25, -0.2) is 0 Å². The second-order valence-corrected chi connectivity index (χ2v) is 4.61. The van der Waals surface area contributed by atoms with Gasteiger partial charge in [-0.2, -0.15) is 0 Å². The van der Waals surface area contributed by atoms with E-state index in [-0.39, 0.29) is 5.91 Å². The molecule has 1 aromatic carbocycles. The number of hydrogen-bond acceptors (Lipinski definition) is 5. The number of aromatic nitrogens is 2. The third-order valence-corrected chi connectivity index (χ3v) is 3.20. The Labute approximate surface area is 116 Å². The van der Waals surface area contributed by atoms with Gasteiger partial charge < -0.3 is 14.1 Å². The summed E-state index contributed by atoms with van der Waals surface area (Å²) in [5.41, 5.74) is 1.47. The van der Waals surface area contributed by atoms with Gasteiger partial charge in [-0.05, 0) is 24.3 Å². The van der Waals surface area contributed by atoms with Crippen molar-refractivity contribution < 1.29 is 13.9 Å². The minimum atomic E-state index is 0.0292. The fraction of sp³-hybridized carbons (Fsp3) is 0.357. The Balaban J connectivity index is 1.77. The molecule has 0 N–H and O–H groups in total. The summed E-state index contributed by atoms with van der Waals surface area (Å²) in [6, 6.07) is 7.21. The molecule has 3 rings (SSSR count). The average molecular weight is 273 g/mol. The number of nitrogens with zero attached hydrogens (tertiary/aromatic N) is 3. The van der Waals surface area contributed by atoms with Crippen LogP contribution in [0.25, 0.3) is 11.5 Å². The normalized spacial score (nSPS) is 15.3. The number of carbonyl (C=O) groups is 1. The zero-order chi connectivity index (χ0) is 13.9. The van der Waals surface area contributed by atoms with Crippen LogP contribution in [0, 0.1) is 6.92 Å². The molecule has 1 aliphatic rings. The molecule has 6 heteroatoms. The van der Waals surface area contributed by atoms with E-state index in [1.54, 1.807) is 24.0 Å².